The third-order valence-corrected chi connectivity index (χ3v) is 2.99. The van der Waals surface area contributed by atoms with E-state index >= 15 is 0 Å². The highest BCUT2D eigenvalue weighted by molar-refractivity contribution is 7.84. The average Bonchev–Trinajstić information content (AvgIpc) is 2.47. The van der Waals surface area contributed by atoms with Crippen LogP contribution in [0.1, 0.15) is 19.4 Å². The number of aromatic nitrogens is 3. The van der Waals surface area contributed by atoms with Gasteiger partial charge >= 0.3 is 0 Å². The molecule has 0 fully saturated rings. The van der Waals surface area contributed by atoms with Crippen molar-refractivity contribution in [2.45, 2.75) is 19.4 Å². The van der Waals surface area contributed by atoms with Crippen molar-refractivity contribution < 1.29 is 4.21 Å². The lowest BCUT2D eigenvalue weighted by molar-refractivity contribution is 0.524. The summed E-state index contributed by atoms with van der Waals surface area (Å²) in [5, 5.41) is 6.52. The van der Waals surface area contributed by atoms with Gasteiger partial charge in [0.05, 0.1) is 0 Å². The second-order valence-electron chi connectivity index (χ2n) is 2.98. The van der Waals surface area contributed by atoms with Crippen LogP contribution in [-0.4, -0.2) is 31.0 Å². The summed E-state index contributed by atoms with van der Waals surface area (Å²) in [4.78, 5) is 0. The van der Waals surface area contributed by atoms with Gasteiger partial charge in [-0.25, -0.2) is 0 Å². The van der Waals surface area contributed by atoms with E-state index in [0.717, 1.165) is 6.42 Å². The van der Waals surface area contributed by atoms with Crippen molar-refractivity contribution in [3.8, 4) is 0 Å². The molecule has 0 amide bonds. The minimum atomic E-state index is -0.732. The molecule has 0 saturated heterocycles. The van der Waals surface area contributed by atoms with Crippen LogP contribution in [0.4, 0.5) is 0 Å². The van der Waals surface area contributed by atoms with Gasteiger partial charge in [-0.1, -0.05) is 0 Å². The van der Waals surface area contributed by atoms with Gasteiger partial charge < -0.3 is 4.57 Å². The van der Waals surface area contributed by atoms with Crippen molar-refractivity contribution in [3.05, 3.63) is 11.1 Å². The molecule has 13 heavy (non-hydrogen) atoms. The number of aromatic amines is 1. The maximum Gasteiger partial charge on any atom is 0.195 e. The fourth-order valence-electron chi connectivity index (χ4n) is 1.05. The summed E-state index contributed by atoms with van der Waals surface area (Å²) in [7, 11) is -0.732. The molecule has 0 saturated carbocycles. The van der Waals surface area contributed by atoms with Crippen LogP contribution >= 0.6 is 12.2 Å². The standard InChI is InChI=1S/C7H13N3OS2/c1-6(3-4-13(2)11)10-5-8-9-7(10)12/h5-6H,3-4H2,1-2H3,(H,9,12). The molecule has 0 bridgehead atoms. The quantitative estimate of drug-likeness (QED) is 0.776. The van der Waals surface area contributed by atoms with Gasteiger partial charge in [0.2, 0.25) is 0 Å². The Morgan fingerprint density at radius 3 is 3.00 bits per heavy atom. The molecule has 0 aromatic carbocycles. The minimum Gasteiger partial charge on any atom is -0.304 e. The maximum absolute atomic E-state index is 10.9. The smallest absolute Gasteiger partial charge is 0.195 e. The van der Waals surface area contributed by atoms with Crippen LogP contribution in [0.5, 0.6) is 0 Å². The first-order valence-corrected chi connectivity index (χ1v) is 6.16. The van der Waals surface area contributed by atoms with Gasteiger partial charge in [0.1, 0.15) is 6.33 Å². The Balaban J connectivity index is 2.59. The molecule has 1 heterocycles. The van der Waals surface area contributed by atoms with Gasteiger partial charge in [0.25, 0.3) is 0 Å². The summed E-state index contributed by atoms with van der Waals surface area (Å²) in [6, 6.07) is 0.259. The van der Waals surface area contributed by atoms with Crippen molar-refractivity contribution in [3.63, 3.8) is 0 Å². The second kappa shape index (κ2) is 4.66. The highest BCUT2D eigenvalue weighted by Gasteiger charge is 2.06. The zero-order valence-electron chi connectivity index (χ0n) is 7.69. The highest BCUT2D eigenvalue weighted by Crippen LogP contribution is 2.09. The van der Waals surface area contributed by atoms with E-state index in [9.17, 15) is 4.21 Å². The molecule has 0 aliphatic carbocycles. The molecule has 0 radical (unpaired) electrons. The average molecular weight is 219 g/mol. The third-order valence-electron chi connectivity index (χ3n) is 1.87. The summed E-state index contributed by atoms with van der Waals surface area (Å²) in [6.07, 6.45) is 4.24. The SMILES string of the molecule is CC(CCS(C)=O)n1cn[nH]c1=S. The summed E-state index contributed by atoms with van der Waals surface area (Å²) < 4.78 is 13.4. The minimum absolute atomic E-state index is 0.259. The molecule has 0 aliphatic rings. The molecule has 1 rings (SSSR count). The van der Waals surface area contributed by atoms with Crippen LogP contribution < -0.4 is 0 Å². The van der Waals surface area contributed by atoms with Crippen LogP contribution in [0.2, 0.25) is 0 Å². The van der Waals surface area contributed by atoms with Crippen LogP contribution in [0, 0.1) is 4.77 Å². The molecule has 2 unspecified atom stereocenters. The Hall–Kier alpha value is -0.490. The number of rotatable bonds is 4. The fourth-order valence-corrected chi connectivity index (χ4v) is 2.00. The normalized spacial score (nSPS) is 15.5. The van der Waals surface area contributed by atoms with E-state index in [2.05, 4.69) is 10.2 Å². The van der Waals surface area contributed by atoms with Crippen LogP contribution in [0.25, 0.3) is 0 Å². The van der Waals surface area contributed by atoms with Crippen molar-refractivity contribution in [2.75, 3.05) is 12.0 Å². The molecule has 74 valence electrons. The zero-order valence-corrected chi connectivity index (χ0v) is 9.32. The van der Waals surface area contributed by atoms with E-state index in [1.54, 1.807) is 12.6 Å². The van der Waals surface area contributed by atoms with Gasteiger partial charge in [-0.15, -0.1) is 0 Å². The Morgan fingerprint density at radius 2 is 2.54 bits per heavy atom. The van der Waals surface area contributed by atoms with Crippen LogP contribution in [0.15, 0.2) is 6.33 Å². The first-order valence-electron chi connectivity index (χ1n) is 4.03. The van der Waals surface area contributed by atoms with E-state index in [4.69, 9.17) is 12.2 Å². The largest absolute Gasteiger partial charge is 0.304 e. The summed E-state index contributed by atoms with van der Waals surface area (Å²) in [5.41, 5.74) is 0. The van der Waals surface area contributed by atoms with Crippen LogP contribution in [0.3, 0.4) is 0 Å². The molecule has 1 aromatic heterocycles. The van der Waals surface area contributed by atoms with Crippen molar-refractivity contribution in [2.24, 2.45) is 0 Å². The Labute approximate surface area is 84.8 Å². The predicted octanol–water partition coefficient (Wildman–Crippen LogP) is 1.27. The van der Waals surface area contributed by atoms with Gasteiger partial charge in [0, 0.05) is 28.9 Å². The number of hydrogen-bond acceptors (Lipinski definition) is 3. The maximum atomic E-state index is 10.9. The second-order valence-corrected chi connectivity index (χ2v) is 4.93. The summed E-state index contributed by atoms with van der Waals surface area (Å²) in [5.74, 6) is 0.702. The Kier molecular flexibility index (Phi) is 3.80. The molecule has 2 atom stereocenters. The molecule has 6 heteroatoms. The first kappa shape index (κ1) is 10.6. The van der Waals surface area contributed by atoms with E-state index in [1.165, 1.54) is 0 Å². The number of hydrogen-bond donors (Lipinski definition) is 1. The fraction of sp³-hybridized carbons (Fsp3) is 0.714. The third kappa shape index (κ3) is 3.04. The van der Waals surface area contributed by atoms with Gasteiger partial charge in [-0.3, -0.25) is 9.31 Å². The molecule has 4 nitrogen and oxygen atoms in total. The molecule has 1 aromatic rings. The Morgan fingerprint density at radius 1 is 1.85 bits per heavy atom. The highest BCUT2D eigenvalue weighted by atomic mass is 32.2. The van der Waals surface area contributed by atoms with Crippen molar-refractivity contribution in [1.29, 1.82) is 0 Å². The molecule has 0 spiro atoms. The molecular formula is C7H13N3OS2. The lowest BCUT2D eigenvalue weighted by Crippen LogP contribution is -2.08. The van der Waals surface area contributed by atoms with Crippen molar-refractivity contribution >= 4 is 23.0 Å². The molecular weight excluding hydrogens is 206 g/mol. The predicted molar refractivity (Wildman–Crippen MR) is 55.7 cm³/mol. The van der Waals surface area contributed by atoms with Gasteiger partial charge in [-0.2, -0.15) is 5.10 Å². The van der Waals surface area contributed by atoms with Gasteiger partial charge in [0.15, 0.2) is 4.77 Å². The lowest BCUT2D eigenvalue weighted by atomic mass is 10.3. The monoisotopic (exact) mass is 219 g/mol. The van der Waals surface area contributed by atoms with Crippen LogP contribution in [-0.2, 0) is 10.8 Å². The van der Waals surface area contributed by atoms with E-state index in [1.807, 2.05) is 11.5 Å². The molecule has 0 aliphatic heterocycles. The Bertz CT molecular complexity index is 344. The topological polar surface area (TPSA) is 50.7 Å². The van der Waals surface area contributed by atoms with Gasteiger partial charge in [-0.05, 0) is 25.6 Å². The number of H-pyrrole nitrogens is 1. The molecule has 1 N–H and O–H groups in total. The summed E-state index contributed by atoms with van der Waals surface area (Å²) >= 11 is 5.01. The lowest BCUT2D eigenvalue weighted by Gasteiger charge is -2.10. The van der Waals surface area contributed by atoms with E-state index < -0.39 is 10.8 Å². The zero-order chi connectivity index (χ0) is 9.84. The van der Waals surface area contributed by atoms with E-state index in [0.29, 0.717) is 10.5 Å². The first-order chi connectivity index (χ1) is 6.11. The summed E-state index contributed by atoms with van der Waals surface area (Å²) in [6.45, 7) is 2.04. The van der Waals surface area contributed by atoms with Crippen molar-refractivity contribution in [1.82, 2.24) is 14.8 Å². The number of nitrogens with zero attached hydrogens (tertiary/aromatic N) is 2. The van der Waals surface area contributed by atoms with E-state index in [-0.39, 0.29) is 6.04 Å². The number of nitrogens with one attached hydrogen (secondary N) is 1.